The van der Waals surface area contributed by atoms with Gasteiger partial charge in [-0.3, -0.25) is 0 Å². The number of rotatable bonds is 4. The first-order chi connectivity index (χ1) is 9.54. The van der Waals surface area contributed by atoms with E-state index in [0.717, 1.165) is 16.0 Å². The Morgan fingerprint density at radius 1 is 1.15 bits per heavy atom. The standard InChI is InChI=1S/C17H19BrClN/c1-4-20-17(14-7-5-6-11(2)12(14)3)15-10-13(19)8-9-16(15)18/h5-10,17,20H,4H2,1-3H3. The lowest BCUT2D eigenvalue weighted by molar-refractivity contribution is 0.625. The minimum Gasteiger partial charge on any atom is -0.306 e. The number of nitrogens with one attached hydrogen (secondary N) is 1. The molecule has 0 saturated heterocycles. The number of halogens is 2. The normalized spacial score (nSPS) is 12.4. The minimum absolute atomic E-state index is 0.146. The lowest BCUT2D eigenvalue weighted by atomic mass is 9.92. The van der Waals surface area contributed by atoms with Crippen LogP contribution >= 0.6 is 27.5 Å². The minimum atomic E-state index is 0.146. The van der Waals surface area contributed by atoms with E-state index in [1.54, 1.807) is 0 Å². The zero-order valence-electron chi connectivity index (χ0n) is 12.0. The Bertz CT molecular complexity index is 608. The summed E-state index contributed by atoms with van der Waals surface area (Å²) >= 11 is 9.81. The Labute approximate surface area is 134 Å². The third-order valence-corrected chi connectivity index (χ3v) is 4.59. The molecule has 0 radical (unpaired) electrons. The molecule has 0 aliphatic heterocycles. The monoisotopic (exact) mass is 351 g/mol. The lowest BCUT2D eigenvalue weighted by Crippen LogP contribution is -2.23. The average Bonchev–Trinajstić information content (AvgIpc) is 2.43. The Hall–Kier alpha value is -0.830. The Kier molecular flexibility index (Phi) is 5.25. The van der Waals surface area contributed by atoms with Crippen LogP contribution in [0.3, 0.4) is 0 Å². The van der Waals surface area contributed by atoms with E-state index in [1.807, 2.05) is 18.2 Å². The maximum Gasteiger partial charge on any atom is 0.0591 e. The molecule has 2 aromatic rings. The van der Waals surface area contributed by atoms with Gasteiger partial charge in [0.2, 0.25) is 0 Å². The van der Waals surface area contributed by atoms with Crippen LogP contribution in [0.1, 0.15) is 35.2 Å². The highest BCUT2D eigenvalue weighted by molar-refractivity contribution is 9.10. The van der Waals surface area contributed by atoms with Crippen LogP contribution < -0.4 is 5.32 Å². The molecular formula is C17H19BrClN. The van der Waals surface area contributed by atoms with E-state index in [9.17, 15) is 0 Å². The van der Waals surface area contributed by atoms with Crippen molar-refractivity contribution in [3.05, 3.63) is 68.1 Å². The summed E-state index contributed by atoms with van der Waals surface area (Å²) in [5, 5.41) is 4.32. The van der Waals surface area contributed by atoms with Crippen molar-refractivity contribution in [3.8, 4) is 0 Å². The fraction of sp³-hybridized carbons (Fsp3) is 0.294. The molecule has 1 atom stereocenters. The van der Waals surface area contributed by atoms with Crippen LogP contribution in [0.15, 0.2) is 40.9 Å². The second-order valence-corrected chi connectivity index (χ2v) is 6.24. The van der Waals surface area contributed by atoms with Crippen molar-refractivity contribution >= 4 is 27.5 Å². The first-order valence-electron chi connectivity index (χ1n) is 6.79. The fourth-order valence-electron chi connectivity index (χ4n) is 2.41. The molecule has 0 fully saturated rings. The summed E-state index contributed by atoms with van der Waals surface area (Å²) in [6.45, 7) is 7.34. The summed E-state index contributed by atoms with van der Waals surface area (Å²) in [6, 6.07) is 12.5. The molecule has 1 unspecified atom stereocenters. The molecule has 20 heavy (non-hydrogen) atoms. The summed E-state index contributed by atoms with van der Waals surface area (Å²) in [4.78, 5) is 0. The van der Waals surface area contributed by atoms with Crippen molar-refractivity contribution in [1.29, 1.82) is 0 Å². The number of hydrogen-bond acceptors (Lipinski definition) is 1. The van der Waals surface area contributed by atoms with Gasteiger partial charge in [0, 0.05) is 9.50 Å². The molecule has 0 saturated carbocycles. The van der Waals surface area contributed by atoms with Gasteiger partial charge < -0.3 is 5.32 Å². The highest BCUT2D eigenvalue weighted by Gasteiger charge is 2.18. The molecule has 0 spiro atoms. The second kappa shape index (κ2) is 6.75. The van der Waals surface area contributed by atoms with Crippen molar-refractivity contribution < 1.29 is 0 Å². The van der Waals surface area contributed by atoms with Crippen LogP contribution in [0.5, 0.6) is 0 Å². The quantitative estimate of drug-likeness (QED) is 0.775. The van der Waals surface area contributed by atoms with Crippen molar-refractivity contribution in [2.45, 2.75) is 26.8 Å². The van der Waals surface area contributed by atoms with Crippen LogP contribution in [-0.2, 0) is 0 Å². The van der Waals surface area contributed by atoms with Crippen LogP contribution in [0.2, 0.25) is 5.02 Å². The van der Waals surface area contributed by atoms with Crippen LogP contribution in [0.25, 0.3) is 0 Å². The van der Waals surface area contributed by atoms with Gasteiger partial charge in [-0.25, -0.2) is 0 Å². The van der Waals surface area contributed by atoms with Gasteiger partial charge in [-0.1, -0.05) is 52.7 Å². The highest BCUT2D eigenvalue weighted by Crippen LogP contribution is 2.33. The van der Waals surface area contributed by atoms with Gasteiger partial charge in [-0.05, 0) is 60.8 Å². The Balaban J connectivity index is 2.56. The SMILES string of the molecule is CCNC(c1cc(Cl)ccc1Br)c1cccc(C)c1C. The molecule has 0 aromatic heterocycles. The van der Waals surface area contributed by atoms with Gasteiger partial charge in [0.05, 0.1) is 6.04 Å². The van der Waals surface area contributed by atoms with E-state index in [1.165, 1.54) is 22.3 Å². The Morgan fingerprint density at radius 2 is 1.90 bits per heavy atom. The Morgan fingerprint density at radius 3 is 2.60 bits per heavy atom. The first-order valence-corrected chi connectivity index (χ1v) is 7.96. The number of hydrogen-bond donors (Lipinski definition) is 1. The highest BCUT2D eigenvalue weighted by atomic mass is 79.9. The average molecular weight is 353 g/mol. The zero-order chi connectivity index (χ0) is 14.7. The van der Waals surface area contributed by atoms with Crippen LogP contribution in [-0.4, -0.2) is 6.54 Å². The van der Waals surface area contributed by atoms with E-state index in [-0.39, 0.29) is 6.04 Å². The molecule has 0 aliphatic carbocycles. The predicted octanol–water partition coefficient (Wildman–Crippen LogP) is 5.42. The van der Waals surface area contributed by atoms with Crippen LogP contribution in [0, 0.1) is 13.8 Å². The summed E-state index contributed by atoms with van der Waals surface area (Å²) in [5.74, 6) is 0. The summed E-state index contributed by atoms with van der Waals surface area (Å²) in [6.07, 6.45) is 0. The van der Waals surface area contributed by atoms with Crippen LogP contribution in [0.4, 0.5) is 0 Å². The second-order valence-electron chi connectivity index (χ2n) is 4.95. The van der Waals surface area contributed by atoms with Crippen molar-refractivity contribution in [1.82, 2.24) is 5.32 Å². The van der Waals surface area contributed by atoms with E-state index in [2.05, 4.69) is 60.2 Å². The number of aryl methyl sites for hydroxylation is 1. The predicted molar refractivity (Wildman–Crippen MR) is 90.6 cm³/mol. The molecule has 0 aliphatic rings. The van der Waals surface area contributed by atoms with Gasteiger partial charge >= 0.3 is 0 Å². The summed E-state index contributed by atoms with van der Waals surface area (Å²) < 4.78 is 1.08. The van der Waals surface area contributed by atoms with E-state index >= 15 is 0 Å². The molecule has 0 heterocycles. The molecule has 3 heteroatoms. The third-order valence-electron chi connectivity index (χ3n) is 3.63. The number of benzene rings is 2. The molecule has 1 nitrogen and oxygen atoms in total. The van der Waals surface area contributed by atoms with E-state index in [0.29, 0.717) is 0 Å². The molecule has 0 amide bonds. The third kappa shape index (κ3) is 3.25. The van der Waals surface area contributed by atoms with E-state index < -0.39 is 0 Å². The van der Waals surface area contributed by atoms with Crippen molar-refractivity contribution in [2.24, 2.45) is 0 Å². The first kappa shape index (κ1) is 15.6. The maximum atomic E-state index is 6.17. The largest absolute Gasteiger partial charge is 0.306 e. The maximum absolute atomic E-state index is 6.17. The van der Waals surface area contributed by atoms with Gasteiger partial charge in [0.1, 0.15) is 0 Å². The molecular weight excluding hydrogens is 334 g/mol. The molecule has 106 valence electrons. The van der Waals surface area contributed by atoms with Gasteiger partial charge in [0.25, 0.3) is 0 Å². The molecule has 0 bridgehead atoms. The lowest BCUT2D eigenvalue weighted by Gasteiger charge is -2.23. The van der Waals surface area contributed by atoms with Crippen molar-refractivity contribution in [3.63, 3.8) is 0 Å². The van der Waals surface area contributed by atoms with Crippen molar-refractivity contribution in [2.75, 3.05) is 6.54 Å². The van der Waals surface area contributed by atoms with E-state index in [4.69, 9.17) is 11.6 Å². The zero-order valence-corrected chi connectivity index (χ0v) is 14.3. The molecule has 2 rings (SSSR count). The van der Waals surface area contributed by atoms with Gasteiger partial charge in [-0.15, -0.1) is 0 Å². The topological polar surface area (TPSA) is 12.0 Å². The summed E-state index contributed by atoms with van der Waals surface area (Å²) in [7, 11) is 0. The summed E-state index contributed by atoms with van der Waals surface area (Å²) in [5.41, 5.74) is 5.11. The molecule has 1 N–H and O–H groups in total. The van der Waals surface area contributed by atoms with Gasteiger partial charge in [-0.2, -0.15) is 0 Å². The molecule has 2 aromatic carbocycles. The smallest absolute Gasteiger partial charge is 0.0591 e. The van der Waals surface area contributed by atoms with Gasteiger partial charge in [0.15, 0.2) is 0 Å². The fourth-order valence-corrected chi connectivity index (χ4v) is 3.07.